The monoisotopic (exact) mass is 300 g/mol. The minimum absolute atomic E-state index is 0.107. The predicted octanol–water partition coefficient (Wildman–Crippen LogP) is 3.63. The Morgan fingerprint density at radius 3 is 2.55 bits per heavy atom. The quantitative estimate of drug-likeness (QED) is 0.680. The van der Waals surface area contributed by atoms with Crippen molar-refractivity contribution in [1.29, 1.82) is 0 Å². The smallest absolute Gasteiger partial charge is 0.272 e. The number of amides is 1. The van der Waals surface area contributed by atoms with Crippen molar-refractivity contribution in [2.75, 3.05) is 5.32 Å². The Bertz CT molecular complexity index is 815. The fraction of sp³-hybridized carbons (Fsp3) is 0.188. The first-order chi connectivity index (χ1) is 10.3. The average molecular weight is 300 g/mol. The molecule has 2 aromatic rings. The van der Waals surface area contributed by atoms with E-state index >= 15 is 0 Å². The number of benzene rings is 2. The van der Waals surface area contributed by atoms with Gasteiger partial charge in [-0.15, -0.1) is 0 Å². The Balaban J connectivity index is 2.14. The third-order valence-corrected chi connectivity index (χ3v) is 3.94. The second-order valence-corrected chi connectivity index (χ2v) is 5.79. The number of nitrogens with zero attached hydrogens (tertiary/aromatic N) is 1. The number of hydrogen-bond acceptors (Lipinski definition) is 3. The molecule has 1 heterocycles. The third-order valence-electron chi connectivity index (χ3n) is 3.94. The fourth-order valence-electron chi connectivity index (χ4n) is 2.60. The number of carbonyl (C=O) groups excluding carboxylic acids is 1. The highest BCUT2D eigenvalue weighted by molar-refractivity contribution is 6.06. The molecule has 0 radical (unpaired) electrons. The van der Waals surface area contributed by atoms with Gasteiger partial charge in [-0.25, -0.2) is 4.39 Å². The SMILES string of the molecule is CC1(C)C(=O)Nc2ccc(-c3cc(F)cc([N+](=O)[O-])c3)cc21. The Morgan fingerprint density at radius 1 is 1.14 bits per heavy atom. The van der Waals surface area contributed by atoms with Gasteiger partial charge in [0.2, 0.25) is 5.91 Å². The van der Waals surface area contributed by atoms with E-state index < -0.39 is 16.2 Å². The molecular weight excluding hydrogens is 287 g/mol. The number of carbonyl (C=O) groups is 1. The van der Waals surface area contributed by atoms with E-state index in [0.29, 0.717) is 16.8 Å². The lowest BCUT2D eigenvalue weighted by atomic mass is 9.84. The standard InChI is InChI=1S/C16H13FN2O3/c1-16(2)13-7-9(3-4-14(13)18-15(16)20)10-5-11(17)8-12(6-10)19(21)22/h3-8H,1-2H3,(H,18,20). The number of nitro groups is 1. The number of nitro benzene ring substituents is 1. The van der Waals surface area contributed by atoms with E-state index in [2.05, 4.69) is 5.32 Å². The molecule has 0 saturated heterocycles. The zero-order chi connectivity index (χ0) is 16.1. The van der Waals surface area contributed by atoms with Gasteiger partial charge in [0.05, 0.1) is 16.4 Å². The van der Waals surface area contributed by atoms with Crippen molar-refractivity contribution in [3.8, 4) is 11.1 Å². The molecule has 5 nitrogen and oxygen atoms in total. The van der Waals surface area contributed by atoms with E-state index in [1.54, 1.807) is 32.0 Å². The molecule has 1 aliphatic rings. The molecule has 0 spiro atoms. The Kier molecular flexibility index (Phi) is 2.98. The Labute approximate surface area is 125 Å². The van der Waals surface area contributed by atoms with E-state index in [-0.39, 0.29) is 11.6 Å². The predicted molar refractivity (Wildman–Crippen MR) is 80.1 cm³/mol. The maximum atomic E-state index is 13.6. The van der Waals surface area contributed by atoms with Gasteiger partial charge in [-0.05, 0) is 48.7 Å². The van der Waals surface area contributed by atoms with Crippen LogP contribution in [0.5, 0.6) is 0 Å². The largest absolute Gasteiger partial charge is 0.325 e. The molecule has 112 valence electrons. The van der Waals surface area contributed by atoms with Crippen molar-refractivity contribution in [3.05, 3.63) is 57.9 Å². The molecule has 0 saturated carbocycles. The fourth-order valence-corrected chi connectivity index (χ4v) is 2.60. The van der Waals surface area contributed by atoms with Gasteiger partial charge in [-0.2, -0.15) is 0 Å². The van der Waals surface area contributed by atoms with Crippen molar-refractivity contribution in [1.82, 2.24) is 0 Å². The maximum absolute atomic E-state index is 13.6. The molecule has 2 aromatic carbocycles. The van der Waals surface area contributed by atoms with Gasteiger partial charge in [0.15, 0.2) is 0 Å². The van der Waals surface area contributed by atoms with Crippen LogP contribution in [0.1, 0.15) is 19.4 Å². The van der Waals surface area contributed by atoms with Crippen molar-refractivity contribution in [2.45, 2.75) is 19.3 Å². The summed E-state index contributed by atoms with van der Waals surface area (Å²) in [5, 5.41) is 13.6. The molecule has 6 heteroatoms. The Hall–Kier alpha value is -2.76. The molecule has 1 aliphatic heterocycles. The zero-order valence-corrected chi connectivity index (χ0v) is 12.0. The van der Waals surface area contributed by atoms with E-state index in [1.165, 1.54) is 12.1 Å². The van der Waals surface area contributed by atoms with Gasteiger partial charge in [0.1, 0.15) is 5.82 Å². The van der Waals surface area contributed by atoms with E-state index in [4.69, 9.17) is 0 Å². The van der Waals surface area contributed by atoms with E-state index in [9.17, 15) is 19.3 Å². The number of rotatable bonds is 2. The number of hydrogen-bond donors (Lipinski definition) is 1. The van der Waals surface area contributed by atoms with Crippen LogP contribution in [0.3, 0.4) is 0 Å². The van der Waals surface area contributed by atoms with Crippen LogP contribution < -0.4 is 5.32 Å². The van der Waals surface area contributed by atoms with Crippen LogP contribution in [-0.4, -0.2) is 10.8 Å². The van der Waals surface area contributed by atoms with Crippen molar-refractivity contribution in [3.63, 3.8) is 0 Å². The first-order valence-corrected chi connectivity index (χ1v) is 6.70. The van der Waals surface area contributed by atoms with Crippen LogP contribution in [0.2, 0.25) is 0 Å². The molecule has 22 heavy (non-hydrogen) atoms. The average Bonchev–Trinajstić information content (AvgIpc) is 2.68. The second kappa shape index (κ2) is 4.62. The number of nitrogens with one attached hydrogen (secondary N) is 1. The summed E-state index contributed by atoms with van der Waals surface area (Å²) < 4.78 is 13.6. The van der Waals surface area contributed by atoms with Crippen molar-refractivity contribution < 1.29 is 14.1 Å². The number of fused-ring (bicyclic) bond motifs is 1. The summed E-state index contributed by atoms with van der Waals surface area (Å²) in [5.74, 6) is -0.775. The molecule has 0 bridgehead atoms. The van der Waals surface area contributed by atoms with Gasteiger partial charge in [0.25, 0.3) is 5.69 Å². The number of anilines is 1. The normalized spacial score (nSPS) is 15.3. The highest BCUT2D eigenvalue weighted by atomic mass is 19.1. The molecule has 0 aliphatic carbocycles. The first-order valence-electron chi connectivity index (χ1n) is 6.70. The lowest BCUT2D eigenvalue weighted by Crippen LogP contribution is -2.26. The molecule has 0 unspecified atom stereocenters. The highest BCUT2D eigenvalue weighted by Gasteiger charge is 2.38. The van der Waals surface area contributed by atoms with Gasteiger partial charge >= 0.3 is 0 Å². The molecule has 0 fully saturated rings. The third kappa shape index (κ3) is 2.13. The van der Waals surface area contributed by atoms with Gasteiger partial charge in [-0.3, -0.25) is 14.9 Å². The highest BCUT2D eigenvalue weighted by Crippen LogP contribution is 2.40. The van der Waals surface area contributed by atoms with Crippen LogP contribution in [-0.2, 0) is 10.2 Å². The summed E-state index contributed by atoms with van der Waals surface area (Å²) in [6.07, 6.45) is 0. The van der Waals surface area contributed by atoms with Crippen LogP contribution in [0.25, 0.3) is 11.1 Å². The van der Waals surface area contributed by atoms with Gasteiger partial charge < -0.3 is 5.32 Å². The van der Waals surface area contributed by atoms with Crippen molar-refractivity contribution in [2.24, 2.45) is 0 Å². The van der Waals surface area contributed by atoms with E-state index in [1.807, 2.05) is 0 Å². The van der Waals surface area contributed by atoms with Crippen molar-refractivity contribution >= 4 is 17.3 Å². The molecule has 3 rings (SSSR count). The molecule has 0 aromatic heterocycles. The maximum Gasteiger partial charge on any atom is 0.272 e. The van der Waals surface area contributed by atoms with Crippen LogP contribution in [0.4, 0.5) is 15.8 Å². The molecule has 0 atom stereocenters. The zero-order valence-electron chi connectivity index (χ0n) is 12.0. The summed E-state index contributed by atoms with van der Waals surface area (Å²) in [5.41, 5.74) is 1.55. The van der Waals surface area contributed by atoms with E-state index in [0.717, 1.165) is 11.6 Å². The van der Waals surface area contributed by atoms with Crippen LogP contribution in [0, 0.1) is 15.9 Å². The minimum Gasteiger partial charge on any atom is -0.325 e. The molecule has 1 amide bonds. The summed E-state index contributed by atoms with van der Waals surface area (Å²) in [6.45, 7) is 3.60. The number of non-ortho nitro benzene ring substituents is 1. The summed E-state index contributed by atoms with van der Waals surface area (Å²) in [7, 11) is 0. The number of halogens is 1. The van der Waals surface area contributed by atoms with Crippen LogP contribution >= 0.6 is 0 Å². The lowest BCUT2D eigenvalue weighted by Gasteiger charge is -2.16. The summed E-state index contributed by atoms with van der Waals surface area (Å²) >= 11 is 0. The molecule has 1 N–H and O–H groups in total. The summed E-state index contributed by atoms with van der Waals surface area (Å²) in [4.78, 5) is 22.2. The topological polar surface area (TPSA) is 72.2 Å². The molecular formula is C16H13FN2O3. The van der Waals surface area contributed by atoms with Gasteiger partial charge in [0, 0.05) is 11.8 Å². The Morgan fingerprint density at radius 2 is 1.86 bits per heavy atom. The summed E-state index contributed by atoms with van der Waals surface area (Å²) in [6, 6.07) is 8.65. The second-order valence-electron chi connectivity index (χ2n) is 5.79. The van der Waals surface area contributed by atoms with Crippen LogP contribution in [0.15, 0.2) is 36.4 Å². The van der Waals surface area contributed by atoms with Gasteiger partial charge in [-0.1, -0.05) is 6.07 Å². The lowest BCUT2D eigenvalue weighted by molar-refractivity contribution is -0.385. The first kappa shape index (κ1) is 14.2. The minimum atomic E-state index is -0.690.